The molecule has 3 aromatic rings. The lowest BCUT2D eigenvalue weighted by atomic mass is 10.2. The summed E-state index contributed by atoms with van der Waals surface area (Å²) in [6.45, 7) is 2.74. The molecule has 0 radical (unpaired) electrons. The first-order valence-electron chi connectivity index (χ1n) is 9.08. The van der Waals surface area contributed by atoms with Crippen LogP contribution in [0.15, 0.2) is 76.2 Å². The van der Waals surface area contributed by atoms with Crippen molar-refractivity contribution in [2.24, 2.45) is 0 Å². The van der Waals surface area contributed by atoms with E-state index in [2.05, 4.69) is 10.0 Å². The van der Waals surface area contributed by atoms with Crippen LogP contribution in [0.4, 0.5) is 5.69 Å². The first-order chi connectivity index (χ1) is 14.0. The van der Waals surface area contributed by atoms with E-state index in [1.165, 1.54) is 24.3 Å². The number of benzene rings is 2. The van der Waals surface area contributed by atoms with Crippen LogP contribution < -0.4 is 10.0 Å². The number of amides is 1. The summed E-state index contributed by atoms with van der Waals surface area (Å²) in [4.78, 5) is 12.6. The zero-order chi connectivity index (χ0) is 20.7. The van der Waals surface area contributed by atoms with Crippen molar-refractivity contribution in [3.05, 3.63) is 83.8 Å². The molecular weight excluding hydrogens is 392 g/mol. The van der Waals surface area contributed by atoms with Gasteiger partial charge >= 0.3 is 0 Å². The van der Waals surface area contributed by atoms with Crippen LogP contribution in [0.2, 0.25) is 0 Å². The van der Waals surface area contributed by atoms with Crippen LogP contribution in [-0.2, 0) is 28.0 Å². The van der Waals surface area contributed by atoms with E-state index in [0.717, 1.165) is 11.3 Å². The topological polar surface area (TPSA) is 97.6 Å². The number of hydrogen-bond donors (Lipinski definition) is 2. The molecule has 2 N–H and O–H groups in total. The number of ether oxygens (including phenoxy) is 1. The van der Waals surface area contributed by atoms with Gasteiger partial charge in [0.15, 0.2) is 0 Å². The number of sulfonamides is 1. The molecule has 152 valence electrons. The highest BCUT2D eigenvalue weighted by Gasteiger charge is 2.14. The highest BCUT2D eigenvalue weighted by Crippen LogP contribution is 2.16. The smallest absolute Gasteiger partial charge is 0.255 e. The zero-order valence-corrected chi connectivity index (χ0v) is 16.7. The van der Waals surface area contributed by atoms with Crippen molar-refractivity contribution < 1.29 is 22.4 Å². The highest BCUT2D eigenvalue weighted by atomic mass is 32.2. The highest BCUT2D eigenvalue weighted by molar-refractivity contribution is 7.89. The zero-order valence-electron chi connectivity index (χ0n) is 15.9. The van der Waals surface area contributed by atoms with E-state index >= 15 is 0 Å². The molecule has 0 saturated heterocycles. The molecule has 0 unspecified atom stereocenters. The number of hydrogen-bond acceptors (Lipinski definition) is 5. The molecule has 0 bridgehead atoms. The number of rotatable bonds is 9. The molecular formula is C21H22N2O5S. The lowest BCUT2D eigenvalue weighted by Crippen LogP contribution is -2.23. The SMILES string of the molecule is CCNS(=O)(=O)c1ccc(C(=O)Nc2cccc(COCc3ccco3)c2)cc1. The Morgan fingerprint density at radius 1 is 1.03 bits per heavy atom. The van der Waals surface area contributed by atoms with E-state index in [1.54, 1.807) is 25.3 Å². The van der Waals surface area contributed by atoms with E-state index in [-0.39, 0.29) is 10.8 Å². The fraction of sp³-hybridized carbons (Fsp3) is 0.190. The number of carbonyl (C=O) groups is 1. The molecule has 0 aliphatic heterocycles. The van der Waals surface area contributed by atoms with Gasteiger partial charge in [-0.25, -0.2) is 13.1 Å². The van der Waals surface area contributed by atoms with Crippen molar-refractivity contribution in [3.63, 3.8) is 0 Å². The lowest BCUT2D eigenvalue weighted by molar-refractivity contribution is 0.0929. The summed E-state index contributed by atoms with van der Waals surface area (Å²) in [6, 6.07) is 16.7. The Hall–Kier alpha value is -2.94. The number of carbonyl (C=O) groups excluding carboxylic acids is 1. The van der Waals surface area contributed by atoms with E-state index < -0.39 is 10.0 Å². The van der Waals surface area contributed by atoms with Gasteiger partial charge in [0.2, 0.25) is 10.0 Å². The van der Waals surface area contributed by atoms with Crippen molar-refractivity contribution in [1.29, 1.82) is 0 Å². The van der Waals surface area contributed by atoms with E-state index in [9.17, 15) is 13.2 Å². The summed E-state index contributed by atoms with van der Waals surface area (Å²) in [5, 5.41) is 2.81. The summed E-state index contributed by atoms with van der Waals surface area (Å²) in [7, 11) is -3.54. The van der Waals surface area contributed by atoms with Gasteiger partial charge in [0.1, 0.15) is 12.4 Å². The second kappa shape index (κ2) is 9.51. The van der Waals surface area contributed by atoms with Gasteiger partial charge in [0.25, 0.3) is 5.91 Å². The maximum absolute atomic E-state index is 12.5. The Kier molecular flexibility index (Phi) is 6.82. The third-order valence-electron chi connectivity index (χ3n) is 4.04. The monoisotopic (exact) mass is 414 g/mol. The molecule has 0 aliphatic rings. The minimum absolute atomic E-state index is 0.117. The Labute approximate surface area is 169 Å². The van der Waals surface area contributed by atoms with Crippen molar-refractivity contribution in [2.45, 2.75) is 25.0 Å². The molecule has 8 heteroatoms. The average Bonchev–Trinajstić information content (AvgIpc) is 3.22. The predicted molar refractivity (Wildman–Crippen MR) is 109 cm³/mol. The molecule has 0 spiro atoms. The molecule has 0 saturated carbocycles. The number of anilines is 1. The third kappa shape index (κ3) is 5.77. The molecule has 1 amide bonds. The Morgan fingerprint density at radius 2 is 1.83 bits per heavy atom. The van der Waals surface area contributed by atoms with Crippen LogP contribution in [0.3, 0.4) is 0 Å². The minimum atomic E-state index is -3.54. The van der Waals surface area contributed by atoms with Gasteiger partial charge < -0.3 is 14.5 Å². The van der Waals surface area contributed by atoms with Crippen LogP contribution in [0, 0.1) is 0 Å². The first-order valence-corrected chi connectivity index (χ1v) is 10.6. The number of furan rings is 1. The van der Waals surface area contributed by atoms with E-state index in [4.69, 9.17) is 9.15 Å². The van der Waals surface area contributed by atoms with Crippen LogP contribution in [-0.4, -0.2) is 20.9 Å². The van der Waals surface area contributed by atoms with Crippen molar-refractivity contribution >= 4 is 21.6 Å². The molecule has 7 nitrogen and oxygen atoms in total. The second-order valence-corrected chi connectivity index (χ2v) is 8.02. The first kappa shape index (κ1) is 20.8. The van der Waals surface area contributed by atoms with Crippen LogP contribution in [0.25, 0.3) is 0 Å². The quantitative estimate of drug-likeness (QED) is 0.558. The van der Waals surface area contributed by atoms with Gasteiger partial charge in [0.05, 0.1) is 17.8 Å². The van der Waals surface area contributed by atoms with E-state index in [1.807, 2.05) is 24.3 Å². The largest absolute Gasteiger partial charge is 0.467 e. The summed E-state index contributed by atoms with van der Waals surface area (Å²) >= 11 is 0. The lowest BCUT2D eigenvalue weighted by Gasteiger charge is -2.09. The van der Waals surface area contributed by atoms with Gasteiger partial charge in [-0.05, 0) is 54.1 Å². The van der Waals surface area contributed by atoms with Gasteiger partial charge in [-0.2, -0.15) is 0 Å². The normalized spacial score (nSPS) is 11.3. The summed E-state index contributed by atoms with van der Waals surface area (Å²) in [5.41, 5.74) is 1.89. The van der Waals surface area contributed by atoms with Crippen molar-refractivity contribution in [1.82, 2.24) is 4.72 Å². The fourth-order valence-corrected chi connectivity index (χ4v) is 3.71. The number of nitrogens with one attached hydrogen (secondary N) is 2. The van der Waals surface area contributed by atoms with E-state index in [0.29, 0.717) is 31.0 Å². The van der Waals surface area contributed by atoms with Gasteiger partial charge in [-0.3, -0.25) is 4.79 Å². The van der Waals surface area contributed by atoms with Crippen LogP contribution in [0.1, 0.15) is 28.6 Å². The molecule has 29 heavy (non-hydrogen) atoms. The standard InChI is InChI=1S/C21H22N2O5S/c1-2-22-29(25,26)20-10-8-17(9-11-20)21(24)23-18-6-3-5-16(13-18)14-27-15-19-7-4-12-28-19/h3-13,22H,2,14-15H2,1H3,(H,23,24). The maximum atomic E-state index is 12.5. The van der Waals surface area contributed by atoms with Crippen molar-refractivity contribution in [3.8, 4) is 0 Å². The Bertz CT molecular complexity index is 1040. The van der Waals surface area contributed by atoms with Gasteiger partial charge in [0, 0.05) is 17.8 Å². The summed E-state index contributed by atoms with van der Waals surface area (Å²) in [6.07, 6.45) is 1.59. The molecule has 2 aromatic carbocycles. The molecule has 1 aromatic heterocycles. The second-order valence-electron chi connectivity index (χ2n) is 6.25. The molecule has 0 atom stereocenters. The summed E-state index contributed by atoms with van der Waals surface area (Å²) in [5.74, 6) is 0.417. The van der Waals surface area contributed by atoms with Crippen LogP contribution in [0.5, 0.6) is 0 Å². The molecule has 1 heterocycles. The van der Waals surface area contributed by atoms with Gasteiger partial charge in [-0.1, -0.05) is 19.1 Å². The summed E-state index contributed by atoms with van der Waals surface area (Å²) < 4.78 is 37.2. The Morgan fingerprint density at radius 3 is 2.52 bits per heavy atom. The average molecular weight is 414 g/mol. The predicted octanol–water partition coefficient (Wildman–Crippen LogP) is 3.55. The maximum Gasteiger partial charge on any atom is 0.255 e. The Balaban J connectivity index is 1.60. The molecule has 3 rings (SSSR count). The fourth-order valence-electron chi connectivity index (χ4n) is 2.67. The van der Waals surface area contributed by atoms with Gasteiger partial charge in [-0.15, -0.1) is 0 Å². The molecule has 0 fully saturated rings. The van der Waals surface area contributed by atoms with Crippen molar-refractivity contribution in [2.75, 3.05) is 11.9 Å². The molecule has 0 aliphatic carbocycles. The third-order valence-corrected chi connectivity index (χ3v) is 5.60. The van der Waals surface area contributed by atoms with Crippen LogP contribution >= 0.6 is 0 Å². The minimum Gasteiger partial charge on any atom is -0.467 e.